The molecule has 0 unspecified atom stereocenters. The summed E-state index contributed by atoms with van der Waals surface area (Å²) in [6.45, 7) is 0. The van der Waals surface area contributed by atoms with Gasteiger partial charge in [-0.15, -0.1) is 0 Å². The van der Waals surface area contributed by atoms with E-state index in [9.17, 15) is 0 Å². The summed E-state index contributed by atoms with van der Waals surface area (Å²) in [5, 5.41) is 20.1. The van der Waals surface area contributed by atoms with Crippen LogP contribution in [0.15, 0.2) is 413 Å². The first-order chi connectivity index (χ1) is 54.6. The Morgan fingerprint density at radius 3 is 0.773 bits per heavy atom. The van der Waals surface area contributed by atoms with Crippen LogP contribution >= 0.6 is 0 Å². The highest BCUT2D eigenvalue weighted by molar-refractivity contribution is 6.19. The van der Waals surface area contributed by atoms with Gasteiger partial charge in [-0.1, -0.05) is 297 Å². The Morgan fingerprint density at radius 2 is 0.382 bits per heavy atom. The van der Waals surface area contributed by atoms with Crippen LogP contribution in [0.1, 0.15) is 0 Å². The van der Waals surface area contributed by atoms with Crippen LogP contribution < -0.4 is 0 Å². The number of para-hydroxylation sites is 4. The average molecular weight is 1400 g/mol. The largest absolute Gasteiger partial charge is 0.309 e. The third-order valence-electron chi connectivity index (χ3n) is 22.9. The van der Waals surface area contributed by atoms with Gasteiger partial charge < -0.3 is 18.3 Å². The Morgan fingerprint density at radius 1 is 0.118 bits per heavy atom. The Hall–Kier alpha value is -14.6. The van der Waals surface area contributed by atoms with E-state index in [0.29, 0.717) is 0 Å². The van der Waals surface area contributed by atoms with E-state index < -0.39 is 0 Å². The summed E-state index contributed by atoms with van der Waals surface area (Å²) in [4.78, 5) is 0. The van der Waals surface area contributed by atoms with Gasteiger partial charge in [-0.25, -0.2) is 0 Å². The zero-order valence-electron chi connectivity index (χ0n) is 60.0. The van der Waals surface area contributed by atoms with E-state index in [0.717, 1.165) is 11.4 Å². The Balaban J connectivity index is 0.000000136. The number of hydrogen-bond donors (Lipinski definition) is 0. The van der Waals surface area contributed by atoms with E-state index in [1.54, 1.807) is 0 Å². The number of benzene rings is 19. The van der Waals surface area contributed by atoms with Crippen LogP contribution in [0.25, 0.3) is 209 Å². The fourth-order valence-electron chi connectivity index (χ4n) is 17.9. The molecular formula is C106H68N4. The van der Waals surface area contributed by atoms with Crippen molar-refractivity contribution in [1.29, 1.82) is 0 Å². The van der Waals surface area contributed by atoms with E-state index >= 15 is 0 Å². The molecule has 0 N–H and O–H groups in total. The van der Waals surface area contributed by atoms with E-state index in [2.05, 4.69) is 431 Å². The van der Waals surface area contributed by atoms with E-state index in [1.165, 1.54) is 197 Å². The summed E-state index contributed by atoms with van der Waals surface area (Å²) < 4.78 is 9.78. The highest BCUT2D eigenvalue weighted by atomic mass is 15.0. The number of nitrogens with zero attached hydrogens (tertiary/aromatic N) is 4. The van der Waals surface area contributed by atoms with E-state index in [4.69, 9.17) is 0 Å². The van der Waals surface area contributed by atoms with Crippen molar-refractivity contribution in [2.24, 2.45) is 0 Å². The molecule has 4 heteroatoms. The molecule has 0 bridgehead atoms. The number of aromatic nitrogens is 4. The molecule has 0 aliphatic heterocycles. The minimum atomic E-state index is 1.15. The van der Waals surface area contributed by atoms with Crippen LogP contribution in [-0.2, 0) is 0 Å². The Labute approximate surface area is 635 Å². The molecule has 4 heterocycles. The molecule has 23 aromatic rings. The lowest BCUT2D eigenvalue weighted by Crippen LogP contribution is -1.96. The maximum absolute atomic E-state index is 2.47. The van der Waals surface area contributed by atoms with Crippen LogP contribution in [0.4, 0.5) is 0 Å². The summed E-state index contributed by atoms with van der Waals surface area (Å²) in [6.07, 6.45) is 0. The minimum Gasteiger partial charge on any atom is -0.309 e. The quantitative estimate of drug-likeness (QED) is 0.128. The van der Waals surface area contributed by atoms with Gasteiger partial charge in [0.15, 0.2) is 0 Å². The molecule has 19 aromatic carbocycles. The van der Waals surface area contributed by atoms with Crippen LogP contribution in [-0.4, -0.2) is 18.3 Å². The van der Waals surface area contributed by atoms with Crippen LogP contribution in [0.3, 0.4) is 0 Å². The summed E-state index contributed by atoms with van der Waals surface area (Å²) in [5.74, 6) is 0. The predicted molar refractivity (Wildman–Crippen MR) is 467 cm³/mol. The summed E-state index contributed by atoms with van der Waals surface area (Å²) in [5.41, 5.74) is 26.4. The van der Waals surface area contributed by atoms with Crippen molar-refractivity contribution < 1.29 is 0 Å². The highest BCUT2D eigenvalue weighted by Crippen LogP contribution is 2.45. The van der Waals surface area contributed by atoms with Crippen molar-refractivity contribution in [3.63, 3.8) is 0 Å². The van der Waals surface area contributed by atoms with Gasteiger partial charge in [0.05, 0.1) is 55.5 Å². The molecule has 0 aliphatic carbocycles. The van der Waals surface area contributed by atoms with Gasteiger partial charge >= 0.3 is 0 Å². The van der Waals surface area contributed by atoms with Crippen molar-refractivity contribution in [1.82, 2.24) is 18.3 Å². The number of rotatable bonds is 9. The van der Waals surface area contributed by atoms with Crippen molar-refractivity contribution in [2.45, 2.75) is 0 Å². The van der Waals surface area contributed by atoms with Gasteiger partial charge in [0.25, 0.3) is 0 Å². The molecule has 4 nitrogen and oxygen atoms in total. The average Bonchev–Trinajstić information content (AvgIpc) is 1.55. The number of fused-ring (bicyclic) bond motifs is 18. The molecule has 0 atom stereocenters. The minimum absolute atomic E-state index is 1.15. The fraction of sp³-hybridized carbons (Fsp3) is 0. The first-order valence-corrected chi connectivity index (χ1v) is 37.9. The predicted octanol–water partition coefficient (Wildman–Crippen LogP) is 28.7. The number of hydrogen-bond acceptors (Lipinski definition) is 0. The van der Waals surface area contributed by atoms with Crippen molar-refractivity contribution in [3.05, 3.63) is 413 Å². The lowest BCUT2D eigenvalue weighted by atomic mass is 9.98. The van der Waals surface area contributed by atoms with Gasteiger partial charge in [0, 0.05) is 65.2 Å². The molecule has 0 saturated heterocycles. The van der Waals surface area contributed by atoms with Gasteiger partial charge in [0.2, 0.25) is 0 Å². The zero-order chi connectivity index (χ0) is 72.3. The van der Waals surface area contributed by atoms with Gasteiger partial charge in [-0.05, 0) is 203 Å². The van der Waals surface area contributed by atoms with Crippen molar-refractivity contribution in [2.75, 3.05) is 0 Å². The molecule has 0 amide bonds. The SMILES string of the molecule is c1ccc(-c2cc(-c3ccccc3)cc(-n3c4ccccc4c4cc(-c5ccc6c(c5)c5ccccc5n6-c5cc6ccccc6c6ccccc56)ccc43)c2)cc1.c1ccc(-c2cccc(-n3c4ccccc4c4cc(-c5ccc6c(c5)c5ccccc5n6-c5cc6ccccc6c6ccccc56)ccc43)c2)cc1. The van der Waals surface area contributed by atoms with Crippen molar-refractivity contribution in [3.8, 4) is 78.4 Å². The van der Waals surface area contributed by atoms with Crippen LogP contribution in [0.2, 0.25) is 0 Å². The molecule has 0 spiro atoms. The van der Waals surface area contributed by atoms with Gasteiger partial charge in [0.1, 0.15) is 0 Å². The molecule has 0 fully saturated rings. The maximum Gasteiger partial charge on any atom is 0.0546 e. The highest BCUT2D eigenvalue weighted by Gasteiger charge is 2.22. The Bertz CT molecular complexity index is 7580. The van der Waals surface area contributed by atoms with Crippen LogP contribution in [0.5, 0.6) is 0 Å². The second kappa shape index (κ2) is 25.6. The molecule has 23 rings (SSSR count). The smallest absolute Gasteiger partial charge is 0.0546 e. The standard InChI is InChI=1S/C56H36N2.C50H32N2/c1-3-15-37(16-4-1)42-31-43(38-17-5-2-6-18-38)33-44(32-42)57-52-25-13-11-23-48(52)50-34-39(27-29-54(50)57)40-28-30-55-51(35-40)49-24-12-14-26-53(49)58(55)56-36-41-19-7-8-20-45(41)46-21-9-10-22-47(46)56;1-2-13-33(14-3-1)34-16-12-17-38(29-34)51-46-23-10-8-21-42(46)44-30-35(25-27-48(44)51)36-26-28-49-45(31-36)43-22-9-11-24-47(43)52(49)50-32-37-15-4-5-18-39(37)40-19-6-7-20-41(40)50/h1-36H;1-32H. The lowest BCUT2D eigenvalue weighted by molar-refractivity contribution is 1.18. The monoisotopic (exact) mass is 1400 g/mol. The molecule has 110 heavy (non-hydrogen) atoms. The summed E-state index contributed by atoms with van der Waals surface area (Å²) >= 11 is 0. The lowest BCUT2D eigenvalue weighted by Gasteiger charge is -2.14. The first-order valence-electron chi connectivity index (χ1n) is 37.9. The normalized spacial score (nSPS) is 11.8. The molecule has 4 aromatic heterocycles. The van der Waals surface area contributed by atoms with Crippen molar-refractivity contribution >= 4 is 130 Å². The molecule has 0 aliphatic rings. The van der Waals surface area contributed by atoms with Gasteiger partial charge in [-0.3, -0.25) is 0 Å². The molecular weight excluding hydrogens is 1330 g/mol. The Kier molecular flexibility index (Phi) is 14.6. The molecule has 512 valence electrons. The third kappa shape index (κ3) is 10.2. The van der Waals surface area contributed by atoms with Crippen LogP contribution in [0, 0.1) is 0 Å². The topological polar surface area (TPSA) is 19.7 Å². The summed E-state index contributed by atoms with van der Waals surface area (Å²) in [6, 6.07) is 151. The molecule has 0 saturated carbocycles. The zero-order valence-corrected chi connectivity index (χ0v) is 60.0. The maximum atomic E-state index is 2.47. The second-order valence-corrected chi connectivity index (χ2v) is 29.1. The van der Waals surface area contributed by atoms with E-state index in [1.807, 2.05) is 0 Å². The third-order valence-corrected chi connectivity index (χ3v) is 22.9. The first kappa shape index (κ1) is 62.8. The fourth-order valence-corrected chi connectivity index (χ4v) is 17.9. The van der Waals surface area contributed by atoms with Gasteiger partial charge in [-0.2, -0.15) is 0 Å². The second-order valence-electron chi connectivity index (χ2n) is 29.1. The summed E-state index contributed by atoms with van der Waals surface area (Å²) in [7, 11) is 0. The van der Waals surface area contributed by atoms with E-state index in [-0.39, 0.29) is 0 Å². The molecule has 0 radical (unpaired) electrons.